The Morgan fingerprint density at radius 2 is 1.18 bits per heavy atom. The van der Waals surface area contributed by atoms with Crippen LogP contribution in [0.1, 0.15) is 35.7 Å². The van der Waals surface area contributed by atoms with Gasteiger partial charge in [0.1, 0.15) is 0 Å². The number of carbonyl (C=O) groups is 1. The molecule has 0 aliphatic rings. The SMILES string of the molecule is CC(C)c1ccc(NC(=O)c2ccc(-c3nc4ccccc4nc3-c3ccccc3)cc2)cc1. The number of para-hydroxylation sites is 2. The first-order chi connectivity index (χ1) is 16.6. The minimum Gasteiger partial charge on any atom is -0.322 e. The Balaban J connectivity index is 1.46. The predicted molar refractivity (Wildman–Crippen MR) is 139 cm³/mol. The minimum absolute atomic E-state index is 0.142. The van der Waals surface area contributed by atoms with E-state index in [-0.39, 0.29) is 5.91 Å². The number of benzene rings is 4. The Morgan fingerprint density at radius 3 is 1.74 bits per heavy atom. The first-order valence-electron chi connectivity index (χ1n) is 11.4. The lowest BCUT2D eigenvalue weighted by Crippen LogP contribution is -2.11. The van der Waals surface area contributed by atoms with Gasteiger partial charge in [-0.1, -0.05) is 80.6 Å². The van der Waals surface area contributed by atoms with Crippen LogP contribution >= 0.6 is 0 Å². The summed E-state index contributed by atoms with van der Waals surface area (Å²) in [7, 11) is 0. The zero-order valence-corrected chi connectivity index (χ0v) is 19.2. The van der Waals surface area contributed by atoms with Crippen molar-refractivity contribution in [3.63, 3.8) is 0 Å². The van der Waals surface area contributed by atoms with Gasteiger partial charge in [-0.05, 0) is 47.9 Å². The molecule has 0 bridgehead atoms. The number of nitrogens with one attached hydrogen (secondary N) is 1. The van der Waals surface area contributed by atoms with Crippen LogP contribution in [0.3, 0.4) is 0 Å². The van der Waals surface area contributed by atoms with Gasteiger partial charge in [-0.3, -0.25) is 4.79 Å². The first-order valence-corrected chi connectivity index (χ1v) is 11.4. The van der Waals surface area contributed by atoms with Crippen molar-refractivity contribution in [1.82, 2.24) is 9.97 Å². The summed E-state index contributed by atoms with van der Waals surface area (Å²) in [5.74, 6) is 0.313. The average Bonchev–Trinajstić information content (AvgIpc) is 2.89. The van der Waals surface area contributed by atoms with Gasteiger partial charge in [-0.2, -0.15) is 0 Å². The molecule has 166 valence electrons. The zero-order valence-electron chi connectivity index (χ0n) is 19.2. The van der Waals surface area contributed by atoms with Crippen molar-refractivity contribution in [2.24, 2.45) is 0 Å². The highest BCUT2D eigenvalue weighted by Gasteiger charge is 2.14. The maximum atomic E-state index is 12.8. The molecule has 0 aliphatic carbocycles. The van der Waals surface area contributed by atoms with Crippen molar-refractivity contribution < 1.29 is 4.79 Å². The molecule has 1 N–H and O–H groups in total. The third-order valence-corrected chi connectivity index (χ3v) is 5.87. The highest BCUT2D eigenvalue weighted by atomic mass is 16.1. The molecule has 4 nitrogen and oxygen atoms in total. The summed E-state index contributed by atoms with van der Waals surface area (Å²) in [6.07, 6.45) is 0. The largest absolute Gasteiger partial charge is 0.322 e. The lowest BCUT2D eigenvalue weighted by Gasteiger charge is -2.11. The summed E-state index contributed by atoms with van der Waals surface area (Å²) in [6.45, 7) is 4.30. The molecular formula is C30H25N3O. The summed E-state index contributed by atoms with van der Waals surface area (Å²) in [5, 5.41) is 2.98. The molecule has 0 spiro atoms. The maximum Gasteiger partial charge on any atom is 0.255 e. The van der Waals surface area contributed by atoms with Gasteiger partial charge in [0.05, 0.1) is 22.4 Å². The van der Waals surface area contributed by atoms with Crippen molar-refractivity contribution >= 4 is 22.6 Å². The Bertz CT molecular complexity index is 1440. The van der Waals surface area contributed by atoms with E-state index in [4.69, 9.17) is 9.97 Å². The van der Waals surface area contributed by atoms with E-state index in [1.165, 1.54) is 5.56 Å². The van der Waals surface area contributed by atoms with Gasteiger partial charge >= 0.3 is 0 Å². The number of fused-ring (bicyclic) bond motifs is 1. The lowest BCUT2D eigenvalue weighted by atomic mass is 10.0. The number of aromatic nitrogens is 2. The van der Waals surface area contributed by atoms with Crippen LogP contribution in [0.2, 0.25) is 0 Å². The van der Waals surface area contributed by atoms with Gasteiger partial charge in [-0.15, -0.1) is 0 Å². The summed E-state index contributed by atoms with van der Waals surface area (Å²) in [6, 6.07) is 33.4. The zero-order chi connectivity index (χ0) is 23.5. The van der Waals surface area contributed by atoms with Crippen molar-refractivity contribution in [3.8, 4) is 22.5 Å². The smallest absolute Gasteiger partial charge is 0.255 e. The van der Waals surface area contributed by atoms with Gasteiger partial charge in [-0.25, -0.2) is 9.97 Å². The van der Waals surface area contributed by atoms with E-state index in [0.29, 0.717) is 11.5 Å². The first kappa shape index (κ1) is 21.5. The van der Waals surface area contributed by atoms with Crippen LogP contribution in [0, 0.1) is 0 Å². The second-order valence-electron chi connectivity index (χ2n) is 8.58. The van der Waals surface area contributed by atoms with Gasteiger partial charge in [0.2, 0.25) is 0 Å². The van der Waals surface area contributed by atoms with Crippen LogP contribution in [-0.4, -0.2) is 15.9 Å². The van der Waals surface area contributed by atoms with Crippen LogP contribution in [0.4, 0.5) is 5.69 Å². The van der Waals surface area contributed by atoms with E-state index in [1.807, 2.05) is 103 Å². The molecule has 1 heterocycles. The Labute approximate surface area is 199 Å². The highest BCUT2D eigenvalue weighted by Crippen LogP contribution is 2.31. The normalized spacial score (nSPS) is 11.0. The van der Waals surface area contributed by atoms with Crippen LogP contribution in [0.25, 0.3) is 33.5 Å². The molecule has 0 saturated carbocycles. The summed E-state index contributed by atoms with van der Waals surface area (Å²) < 4.78 is 0. The van der Waals surface area contributed by atoms with Crippen LogP contribution in [0.15, 0.2) is 103 Å². The monoisotopic (exact) mass is 443 g/mol. The number of hydrogen-bond acceptors (Lipinski definition) is 3. The van der Waals surface area contributed by atoms with E-state index < -0.39 is 0 Å². The maximum absolute atomic E-state index is 12.8. The van der Waals surface area contributed by atoms with Crippen molar-refractivity contribution in [3.05, 3.63) is 114 Å². The van der Waals surface area contributed by atoms with E-state index >= 15 is 0 Å². The molecule has 5 aromatic rings. The number of hydrogen-bond donors (Lipinski definition) is 1. The molecule has 34 heavy (non-hydrogen) atoms. The molecule has 5 rings (SSSR count). The molecule has 0 atom stereocenters. The Morgan fingerprint density at radius 1 is 0.647 bits per heavy atom. The number of carbonyl (C=O) groups excluding carboxylic acids is 1. The standard InChI is InChI=1S/C30H25N3O/c1-20(2)21-16-18-25(19-17-21)31-30(34)24-14-12-23(13-15-24)29-28(22-8-4-3-5-9-22)32-26-10-6-7-11-27(26)33-29/h3-20H,1-2H3,(H,31,34). The summed E-state index contributed by atoms with van der Waals surface area (Å²) in [4.78, 5) is 22.6. The third kappa shape index (κ3) is 4.44. The average molecular weight is 444 g/mol. The number of rotatable bonds is 5. The highest BCUT2D eigenvalue weighted by molar-refractivity contribution is 6.04. The van der Waals surface area contributed by atoms with Gasteiger partial charge in [0.15, 0.2) is 0 Å². The molecule has 1 aromatic heterocycles. The fourth-order valence-electron chi connectivity index (χ4n) is 3.93. The second kappa shape index (κ2) is 9.28. The Kier molecular flexibility index (Phi) is 5.88. The Hall–Kier alpha value is -4.31. The lowest BCUT2D eigenvalue weighted by molar-refractivity contribution is 0.102. The van der Waals surface area contributed by atoms with E-state index in [0.717, 1.165) is 39.2 Å². The second-order valence-corrected chi connectivity index (χ2v) is 8.58. The van der Waals surface area contributed by atoms with E-state index in [9.17, 15) is 4.79 Å². The topological polar surface area (TPSA) is 54.9 Å². The molecule has 0 saturated heterocycles. The van der Waals surface area contributed by atoms with Crippen molar-refractivity contribution in [2.45, 2.75) is 19.8 Å². The third-order valence-electron chi connectivity index (χ3n) is 5.87. The fourth-order valence-corrected chi connectivity index (χ4v) is 3.93. The molecule has 4 heteroatoms. The van der Waals surface area contributed by atoms with Crippen LogP contribution < -0.4 is 5.32 Å². The molecule has 0 aliphatic heterocycles. The van der Waals surface area contributed by atoms with Crippen LogP contribution in [-0.2, 0) is 0 Å². The van der Waals surface area contributed by atoms with Gasteiger partial charge < -0.3 is 5.32 Å². The summed E-state index contributed by atoms with van der Waals surface area (Å²) in [5.41, 5.74) is 7.83. The van der Waals surface area contributed by atoms with E-state index in [2.05, 4.69) is 19.2 Å². The van der Waals surface area contributed by atoms with Crippen molar-refractivity contribution in [2.75, 3.05) is 5.32 Å². The van der Waals surface area contributed by atoms with Gasteiger partial charge in [0.25, 0.3) is 5.91 Å². The molecule has 0 radical (unpaired) electrons. The molecule has 4 aromatic carbocycles. The fraction of sp³-hybridized carbons (Fsp3) is 0.100. The minimum atomic E-state index is -0.142. The van der Waals surface area contributed by atoms with E-state index in [1.54, 1.807) is 0 Å². The van der Waals surface area contributed by atoms with Crippen LogP contribution in [0.5, 0.6) is 0 Å². The molecular weight excluding hydrogens is 418 g/mol. The number of nitrogens with zero attached hydrogens (tertiary/aromatic N) is 2. The summed E-state index contributed by atoms with van der Waals surface area (Å²) >= 11 is 0. The number of amides is 1. The molecule has 0 unspecified atom stereocenters. The quantitative estimate of drug-likeness (QED) is 0.309. The molecule has 1 amide bonds. The van der Waals surface area contributed by atoms with Crippen molar-refractivity contribution in [1.29, 1.82) is 0 Å². The van der Waals surface area contributed by atoms with Gasteiger partial charge in [0, 0.05) is 22.4 Å². The number of anilines is 1. The predicted octanol–water partition coefficient (Wildman–Crippen LogP) is 7.34. The molecule has 0 fully saturated rings.